The van der Waals surface area contributed by atoms with Gasteiger partial charge in [-0.05, 0) is 13.3 Å². The van der Waals surface area contributed by atoms with Gasteiger partial charge in [-0.3, -0.25) is 4.79 Å². The SMILES string of the molecule is CC(/C=C/[C@H]1O[C@H](CC(=O)O)C[C@@]2(CO2)[C@@H]1O)=C\CCO. The van der Waals surface area contributed by atoms with E-state index in [1.54, 1.807) is 6.08 Å². The predicted molar refractivity (Wildman–Crippen MR) is 74.8 cm³/mol. The molecule has 2 heterocycles. The molecule has 0 aromatic carbocycles. The van der Waals surface area contributed by atoms with Crippen molar-refractivity contribution in [2.75, 3.05) is 13.2 Å². The van der Waals surface area contributed by atoms with E-state index in [4.69, 9.17) is 19.7 Å². The molecule has 2 aliphatic rings. The maximum absolute atomic E-state index is 10.8. The molecular weight excluding hydrogens is 276 g/mol. The summed E-state index contributed by atoms with van der Waals surface area (Å²) >= 11 is 0. The Morgan fingerprint density at radius 3 is 2.76 bits per heavy atom. The van der Waals surface area contributed by atoms with Gasteiger partial charge in [0.1, 0.15) is 17.8 Å². The highest BCUT2D eigenvalue weighted by Crippen LogP contribution is 2.43. The van der Waals surface area contributed by atoms with Crippen molar-refractivity contribution in [3.8, 4) is 0 Å². The summed E-state index contributed by atoms with van der Waals surface area (Å²) in [6.07, 6.45) is 4.47. The van der Waals surface area contributed by atoms with E-state index < -0.39 is 29.9 Å². The van der Waals surface area contributed by atoms with Crippen LogP contribution in [0.2, 0.25) is 0 Å². The molecule has 0 saturated carbocycles. The number of carboxylic acids is 1. The van der Waals surface area contributed by atoms with Gasteiger partial charge < -0.3 is 24.8 Å². The summed E-state index contributed by atoms with van der Waals surface area (Å²) in [5.41, 5.74) is 0.307. The summed E-state index contributed by atoms with van der Waals surface area (Å²) in [7, 11) is 0. The maximum Gasteiger partial charge on any atom is 0.305 e. The summed E-state index contributed by atoms with van der Waals surface area (Å²) in [6.45, 7) is 2.42. The molecule has 0 bridgehead atoms. The van der Waals surface area contributed by atoms with Crippen LogP contribution in [0.25, 0.3) is 0 Å². The maximum atomic E-state index is 10.8. The second-order valence-electron chi connectivity index (χ2n) is 5.64. The monoisotopic (exact) mass is 298 g/mol. The molecule has 0 aromatic heterocycles. The first-order valence-electron chi connectivity index (χ1n) is 7.12. The fourth-order valence-corrected chi connectivity index (χ4v) is 2.60. The van der Waals surface area contributed by atoms with Crippen molar-refractivity contribution in [2.24, 2.45) is 0 Å². The van der Waals surface area contributed by atoms with E-state index in [-0.39, 0.29) is 13.0 Å². The molecule has 4 atom stereocenters. The number of rotatable bonds is 6. The second-order valence-corrected chi connectivity index (χ2v) is 5.64. The minimum absolute atomic E-state index is 0.0887. The molecule has 1 spiro atoms. The first kappa shape index (κ1) is 16.2. The van der Waals surface area contributed by atoms with E-state index >= 15 is 0 Å². The average Bonchev–Trinajstić information content (AvgIpc) is 3.18. The highest BCUT2D eigenvalue weighted by molar-refractivity contribution is 5.67. The Morgan fingerprint density at radius 1 is 1.48 bits per heavy atom. The lowest BCUT2D eigenvalue weighted by Gasteiger charge is -2.36. The Balaban J connectivity index is 2.02. The van der Waals surface area contributed by atoms with Gasteiger partial charge in [-0.15, -0.1) is 0 Å². The highest BCUT2D eigenvalue weighted by Gasteiger charge is 2.58. The molecule has 3 N–H and O–H groups in total. The van der Waals surface area contributed by atoms with Crippen LogP contribution in [0.5, 0.6) is 0 Å². The van der Waals surface area contributed by atoms with E-state index in [2.05, 4.69) is 0 Å². The lowest BCUT2D eigenvalue weighted by atomic mass is 9.87. The van der Waals surface area contributed by atoms with Gasteiger partial charge in [0.2, 0.25) is 0 Å². The molecule has 0 aliphatic carbocycles. The van der Waals surface area contributed by atoms with Crippen molar-refractivity contribution in [3.63, 3.8) is 0 Å². The number of epoxide rings is 1. The van der Waals surface area contributed by atoms with Crippen LogP contribution >= 0.6 is 0 Å². The van der Waals surface area contributed by atoms with E-state index in [0.717, 1.165) is 5.57 Å². The molecule has 2 aliphatic heterocycles. The van der Waals surface area contributed by atoms with Gasteiger partial charge in [-0.2, -0.15) is 0 Å². The fraction of sp³-hybridized carbons (Fsp3) is 0.667. The van der Waals surface area contributed by atoms with Gasteiger partial charge in [-0.25, -0.2) is 0 Å². The van der Waals surface area contributed by atoms with Crippen molar-refractivity contribution in [1.29, 1.82) is 0 Å². The Hall–Kier alpha value is -1.21. The Bertz CT molecular complexity index is 437. The zero-order valence-electron chi connectivity index (χ0n) is 12.1. The van der Waals surface area contributed by atoms with Gasteiger partial charge in [0.05, 0.1) is 19.1 Å². The van der Waals surface area contributed by atoms with Crippen LogP contribution in [0.4, 0.5) is 0 Å². The minimum Gasteiger partial charge on any atom is -0.481 e. The molecule has 21 heavy (non-hydrogen) atoms. The number of aliphatic carboxylic acids is 1. The Morgan fingerprint density at radius 2 is 2.19 bits per heavy atom. The van der Waals surface area contributed by atoms with Crippen LogP contribution in [-0.2, 0) is 14.3 Å². The summed E-state index contributed by atoms with van der Waals surface area (Å²) in [5, 5.41) is 27.9. The van der Waals surface area contributed by atoms with E-state index in [1.165, 1.54) is 0 Å². The van der Waals surface area contributed by atoms with Gasteiger partial charge in [0.15, 0.2) is 0 Å². The van der Waals surface area contributed by atoms with E-state index in [0.29, 0.717) is 19.4 Å². The van der Waals surface area contributed by atoms with Crippen LogP contribution in [0.3, 0.4) is 0 Å². The summed E-state index contributed by atoms with van der Waals surface area (Å²) < 4.78 is 11.0. The second kappa shape index (κ2) is 6.70. The number of aliphatic hydroxyl groups excluding tert-OH is 2. The number of hydrogen-bond acceptors (Lipinski definition) is 5. The molecule has 0 radical (unpaired) electrons. The number of hydrogen-bond donors (Lipinski definition) is 3. The van der Waals surface area contributed by atoms with Crippen LogP contribution < -0.4 is 0 Å². The first-order valence-corrected chi connectivity index (χ1v) is 7.12. The van der Waals surface area contributed by atoms with Crippen LogP contribution in [-0.4, -0.2) is 58.4 Å². The summed E-state index contributed by atoms with van der Waals surface area (Å²) in [4.78, 5) is 10.8. The predicted octanol–water partition coefficient (Wildman–Crippen LogP) is 0.633. The third-order valence-electron chi connectivity index (χ3n) is 3.83. The summed E-state index contributed by atoms with van der Waals surface area (Å²) in [6, 6.07) is 0. The zero-order chi connectivity index (χ0) is 15.5. The number of carbonyl (C=O) groups is 1. The molecular formula is C15H22O6. The normalized spacial score (nSPS) is 36.3. The molecule has 2 rings (SSSR count). The molecule has 6 heteroatoms. The standard InChI is InChI=1S/C15H22O6/c1-10(3-2-6-16)4-5-12-14(19)15(9-20-15)8-11(21-12)7-13(17)18/h3-5,11-12,14,16,19H,2,6-9H2,1H3,(H,17,18)/b5-4+,10-3+/t11-,12-,14-,15-/m1/s1. The van der Waals surface area contributed by atoms with Gasteiger partial charge in [0.25, 0.3) is 0 Å². The van der Waals surface area contributed by atoms with E-state index in [9.17, 15) is 9.90 Å². The lowest BCUT2D eigenvalue weighted by Crippen LogP contribution is -2.50. The quantitative estimate of drug-likeness (QED) is 0.491. The van der Waals surface area contributed by atoms with E-state index in [1.807, 2.05) is 19.1 Å². The number of ether oxygens (including phenoxy) is 2. The molecule has 0 amide bonds. The third-order valence-corrected chi connectivity index (χ3v) is 3.83. The minimum atomic E-state index is -0.922. The Kier molecular flexibility index (Phi) is 5.16. The topological polar surface area (TPSA) is 99.5 Å². The molecule has 0 unspecified atom stereocenters. The van der Waals surface area contributed by atoms with Crippen molar-refractivity contribution >= 4 is 5.97 Å². The van der Waals surface area contributed by atoms with Crippen LogP contribution in [0, 0.1) is 0 Å². The summed E-state index contributed by atoms with van der Waals surface area (Å²) in [5.74, 6) is -0.922. The molecule has 2 fully saturated rings. The number of carboxylic acid groups (broad SMARTS) is 1. The fourth-order valence-electron chi connectivity index (χ4n) is 2.60. The first-order chi connectivity index (χ1) is 9.97. The largest absolute Gasteiger partial charge is 0.481 e. The molecule has 2 saturated heterocycles. The molecule has 6 nitrogen and oxygen atoms in total. The van der Waals surface area contributed by atoms with Crippen LogP contribution in [0.1, 0.15) is 26.2 Å². The van der Waals surface area contributed by atoms with Gasteiger partial charge in [-0.1, -0.05) is 23.8 Å². The average molecular weight is 298 g/mol. The third kappa shape index (κ3) is 4.14. The van der Waals surface area contributed by atoms with Crippen molar-refractivity contribution in [3.05, 3.63) is 23.8 Å². The molecule has 0 aromatic rings. The van der Waals surface area contributed by atoms with Crippen molar-refractivity contribution in [1.82, 2.24) is 0 Å². The Labute approximate surface area is 123 Å². The van der Waals surface area contributed by atoms with Crippen molar-refractivity contribution in [2.45, 2.75) is 50.1 Å². The van der Waals surface area contributed by atoms with Gasteiger partial charge >= 0.3 is 5.97 Å². The number of aliphatic hydroxyl groups is 2. The number of allylic oxidation sites excluding steroid dienone is 2. The van der Waals surface area contributed by atoms with Crippen molar-refractivity contribution < 1.29 is 29.6 Å². The molecule has 118 valence electrons. The van der Waals surface area contributed by atoms with Gasteiger partial charge in [0, 0.05) is 13.0 Å². The smallest absolute Gasteiger partial charge is 0.305 e. The lowest BCUT2D eigenvalue weighted by molar-refractivity contribution is -0.155. The highest BCUT2D eigenvalue weighted by atomic mass is 16.6. The zero-order valence-corrected chi connectivity index (χ0v) is 12.1. The van der Waals surface area contributed by atoms with Crippen LogP contribution in [0.15, 0.2) is 23.8 Å².